The number of carbonyl (C=O) groups is 1. The zero-order chi connectivity index (χ0) is 17.3. The smallest absolute Gasteiger partial charge is 0.373 e. The van der Waals surface area contributed by atoms with E-state index in [1.54, 1.807) is 0 Å². The molecule has 0 aliphatic rings. The highest BCUT2D eigenvalue weighted by Crippen LogP contribution is 2.46. The lowest BCUT2D eigenvalue weighted by Crippen LogP contribution is -2.57. The van der Waals surface area contributed by atoms with Crippen LogP contribution in [0.15, 0.2) is 24.3 Å². The Morgan fingerprint density at radius 1 is 1.09 bits per heavy atom. The zero-order valence-corrected chi connectivity index (χ0v) is 10.4. The molecular weight excluding hydrogens is 324 g/mol. The Morgan fingerprint density at radius 3 is 1.95 bits per heavy atom. The summed E-state index contributed by atoms with van der Waals surface area (Å²) in [7, 11) is 0. The minimum atomic E-state index is -6.18. The molecule has 0 atom stereocenters. The quantitative estimate of drug-likeness (QED) is 0.398. The van der Waals surface area contributed by atoms with Crippen molar-refractivity contribution < 1.29 is 41.2 Å². The van der Waals surface area contributed by atoms with E-state index in [4.69, 9.17) is 5.11 Å². The van der Waals surface area contributed by atoms with Crippen molar-refractivity contribution in [1.29, 1.82) is 0 Å². The van der Waals surface area contributed by atoms with E-state index in [9.17, 15) is 41.3 Å². The van der Waals surface area contributed by atoms with E-state index in [0.29, 0.717) is 6.07 Å². The molecule has 0 saturated carbocycles. The Labute approximate surface area is 118 Å². The van der Waals surface area contributed by atoms with Crippen molar-refractivity contribution >= 4 is 11.5 Å². The molecule has 0 aromatic heterocycles. The first-order valence-electron chi connectivity index (χ1n) is 5.43. The predicted octanol–water partition coefficient (Wildman–Crippen LogP) is 3.02. The van der Waals surface area contributed by atoms with Crippen molar-refractivity contribution in [3.05, 3.63) is 39.9 Å². The molecule has 0 fully saturated rings. The molecule has 1 aromatic rings. The summed E-state index contributed by atoms with van der Waals surface area (Å²) in [5.74, 6) is -1.86. The van der Waals surface area contributed by atoms with Gasteiger partial charge in [-0.2, -0.15) is 26.3 Å². The fourth-order valence-corrected chi connectivity index (χ4v) is 1.56. The second-order valence-corrected chi connectivity index (χ2v) is 4.23. The summed E-state index contributed by atoms with van der Waals surface area (Å²) in [6.07, 6.45) is -14.8. The number of halogens is 6. The molecule has 0 amide bonds. The van der Waals surface area contributed by atoms with Crippen molar-refractivity contribution in [2.24, 2.45) is 0 Å². The van der Waals surface area contributed by atoms with Gasteiger partial charge in [0.1, 0.15) is 0 Å². The van der Waals surface area contributed by atoms with Crippen LogP contribution in [0.4, 0.5) is 32.0 Å². The van der Waals surface area contributed by atoms with Crippen LogP contribution in [0.2, 0.25) is 0 Å². The number of ketones is 1. The monoisotopic (exact) mass is 331 g/mol. The molecule has 0 spiro atoms. The van der Waals surface area contributed by atoms with Gasteiger partial charge in [-0.15, -0.1) is 0 Å². The van der Waals surface area contributed by atoms with Gasteiger partial charge in [0.25, 0.3) is 11.3 Å². The third-order valence-corrected chi connectivity index (χ3v) is 2.76. The number of nitro groups is 1. The van der Waals surface area contributed by atoms with Crippen molar-refractivity contribution in [2.75, 3.05) is 0 Å². The summed E-state index contributed by atoms with van der Waals surface area (Å²) in [6.45, 7) is 0. The third kappa shape index (κ3) is 3.18. The lowest BCUT2D eigenvalue weighted by atomic mass is 9.92. The summed E-state index contributed by atoms with van der Waals surface area (Å²) in [6, 6.07) is 3.55. The molecule has 0 aliphatic heterocycles. The van der Waals surface area contributed by atoms with Crippen LogP contribution in [0.25, 0.3) is 0 Å². The molecule has 11 heteroatoms. The Morgan fingerprint density at radius 2 is 1.55 bits per heavy atom. The molecule has 0 unspecified atom stereocenters. The second kappa shape index (κ2) is 5.55. The summed E-state index contributed by atoms with van der Waals surface area (Å²) < 4.78 is 74.9. The molecule has 0 radical (unpaired) electrons. The summed E-state index contributed by atoms with van der Waals surface area (Å²) in [5, 5.41) is 19.5. The largest absolute Gasteiger partial charge is 0.426 e. The topological polar surface area (TPSA) is 80.4 Å². The highest BCUT2D eigenvalue weighted by atomic mass is 19.4. The van der Waals surface area contributed by atoms with Crippen LogP contribution in [-0.2, 0) is 0 Å². The van der Waals surface area contributed by atoms with E-state index >= 15 is 0 Å². The van der Waals surface area contributed by atoms with Crippen molar-refractivity contribution in [3.63, 3.8) is 0 Å². The molecule has 1 rings (SSSR count). The van der Waals surface area contributed by atoms with Gasteiger partial charge in [0.05, 0.1) is 16.9 Å². The number of hydrogen-bond donors (Lipinski definition) is 1. The molecule has 0 bridgehead atoms. The third-order valence-electron chi connectivity index (χ3n) is 2.76. The van der Waals surface area contributed by atoms with Crippen LogP contribution < -0.4 is 0 Å². The average molecular weight is 331 g/mol. The number of carbonyl (C=O) groups excluding carboxylic acids is 1. The second-order valence-electron chi connectivity index (χ2n) is 4.23. The van der Waals surface area contributed by atoms with Gasteiger partial charge in [0.15, 0.2) is 5.78 Å². The number of hydrogen-bond acceptors (Lipinski definition) is 4. The van der Waals surface area contributed by atoms with Gasteiger partial charge < -0.3 is 5.11 Å². The van der Waals surface area contributed by atoms with Gasteiger partial charge >= 0.3 is 12.4 Å². The van der Waals surface area contributed by atoms with Gasteiger partial charge in [0.2, 0.25) is 0 Å². The molecule has 0 aliphatic carbocycles. The zero-order valence-electron chi connectivity index (χ0n) is 10.4. The van der Waals surface area contributed by atoms with Crippen molar-refractivity contribution in [3.8, 4) is 0 Å². The SMILES string of the molecule is O=C(CC(O)(C(F)(F)F)C(F)(F)F)c1ccccc1[N+](=O)[O-]. The predicted molar refractivity (Wildman–Crippen MR) is 59.1 cm³/mol. The number of Topliss-reactive ketones (excluding diaryl/α,β-unsaturated/α-hetero) is 1. The van der Waals surface area contributed by atoms with Crippen molar-refractivity contribution in [1.82, 2.24) is 0 Å². The van der Waals surface area contributed by atoms with Crippen LogP contribution in [0, 0.1) is 10.1 Å². The molecule has 5 nitrogen and oxygen atoms in total. The summed E-state index contributed by atoms with van der Waals surface area (Å²) in [5.41, 5.74) is -7.21. The van der Waals surface area contributed by atoms with Gasteiger partial charge in [-0.05, 0) is 6.07 Å². The maximum absolute atomic E-state index is 12.5. The van der Waals surface area contributed by atoms with E-state index in [2.05, 4.69) is 0 Å². The van der Waals surface area contributed by atoms with Gasteiger partial charge in [-0.25, -0.2) is 0 Å². The molecule has 0 heterocycles. The lowest BCUT2D eigenvalue weighted by molar-refractivity contribution is -0.385. The number of nitrogens with zero attached hydrogens (tertiary/aromatic N) is 1. The Kier molecular flexibility index (Phi) is 4.51. The number of benzene rings is 1. The first-order chi connectivity index (χ1) is 9.81. The number of nitro benzene ring substituents is 1. The first kappa shape index (κ1) is 17.9. The minimum Gasteiger partial charge on any atom is -0.373 e. The standard InChI is InChI=1S/C11H7F6NO4/c12-10(13,14)9(20,11(15,16)17)5-8(19)6-3-1-2-4-7(6)18(21)22/h1-4,20H,5H2. The Bertz CT molecular complexity index is 581. The van der Waals surface area contributed by atoms with Gasteiger partial charge in [0, 0.05) is 6.07 Å². The van der Waals surface area contributed by atoms with Crippen molar-refractivity contribution in [2.45, 2.75) is 24.4 Å². The molecule has 1 aromatic carbocycles. The highest BCUT2D eigenvalue weighted by molar-refractivity contribution is 6.00. The van der Waals surface area contributed by atoms with E-state index in [1.807, 2.05) is 0 Å². The van der Waals surface area contributed by atoms with Crippen LogP contribution in [0.1, 0.15) is 16.8 Å². The Balaban J connectivity index is 3.28. The number of rotatable bonds is 4. The van der Waals surface area contributed by atoms with Crippen LogP contribution in [-0.4, -0.2) is 33.8 Å². The molecule has 22 heavy (non-hydrogen) atoms. The maximum Gasteiger partial charge on any atom is 0.426 e. The minimum absolute atomic E-state index is 0.702. The maximum atomic E-state index is 12.5. The van der Waals surface area contributed by atoms with Crippen LogP contribution in [0.3, 0.4) is 0 Å². The average Bonchev–Trinajstić information content (AvgIpc) is 2.35. The first-order valence-corrected chi connectivity index (χ1v) is 5.43. The normalized spacial score (nSPS) is 13.0. The van der Waals surface area contributed by atoms with E-state index in [-0.39, 0.29) is 0 Å². The molecular formula is C11H7F6NO4. The van der Waals surface area contributed by atoms with Gasteiger partial charge in [-0.3, -0.25) is 14.9 Å². The number of aliphatic hydroxyl groups is 1. The molecule has 0 saturated heterocycles. The summed E-state index contributed by atoms with van der Waals surface area (Å²) in [4.78, 5) is 21.1. The lowest BCUT2D eigenvalue weighted by Gasteiger charge is -2.31. The Hall–Kier alpha value is -2.17. The van der Waals surface area contributed by atoms with Crippen LogP contribution >= 0.6 is 0 Å². The summed E-state index contributed by atoms with van der Waals surface area (Å²) >= 11 is 0. The van der Waals surface area contributed by atoms with E-state index in [1.165, 1.54) is 0 Å². The van der Waals surface area contributed by atoms with E-state index in [0.717, 1.165) is 18.2 Å². The van der Waals surface area contributed by atoms with Crippen LogP contribution in [0.5, 0.6) is 0 Å². The van der Waals surface area contributed by atoms with Gasteiger partial charge in [-0.1, -0.05) is 12.1 Å². The van der Waals surface area contributed by atoms with E-state index < -0.39 is 46.3 Å². The number of alkyl halides is 6. The highest BCUT2D eigenvalue weighted by Gasteiger charge is 2.71. The number of para-hydroxylation sites is 1. The fraction of sp³-hybridized carbons (Fsp3) is 0.364. The fourth-order valence-electron chi connectivity index (χ4n) is 1.56. The molecule has 122 valence electrons. The molecule has 1 N–H and O–H groups in total.